The van der Waals surface area contributed by atoms with Crippen LogP contribution >= 0.6 is 0 Å². The van der Waals surface area contributed by atoms with Gasteiger partial charge < -0.3 is 14.6 Å². The van der Waals surface area contributed by atoms with E-state index in [-0.39, 0.29) is 0 Å². The van der Waals surface area contributed by atoms with E-state index < -0.39 is 0 Å². The topological polar surface area (TPSA) is 44.0 Å². The summed E-state index contributed by atoms with van der Waals surface area (Å²) in [5.41, 5.74) is 3.73. The van der Waals surface area contributed by atoms with Gasteiger partial charge in [-0.3, -0.25) is 4.68 Å². The maximum absolute atomic E-state index is 5.03. The van der Waals surface area contributed by atoms with Crippen LogP contribution in [0, 0.1) is 0 Å². The van der Waals surface area contributed by atoms with Gasteiger partial charge in [0.1, 0.15) is 0 Å². The summed E-state index contributed by atoms with van der Waals surface area (Å²) in [6.45, 7) is 8.58. The molecule has 21 heavy (non-hydrogen) atoms. The number of aromatic nitrogens is 3. The molecule has 2 aromatic rings. The van der Waals surface area contributed by atoms with Crippen LogP contribution in [0.3, 0.4) is 0 Å². The van der Waals surface area contributed by atoms with E-state index in [4.69, 9.17) is 4.74 Å². The van der Waals surface area contributed by atoms with Gasteiger partial charge in [-0.2, -0.15) is 5.10 Å². The Kier molecular flexibility index (Phi) is 6.02. The zero-order valence-electron chi connectivity index (χ0n) is 13.3. The molecule has 5 nitrogen and oxygen atoms in total. The van der Waals surface area contributed by atoms with Crippen molar-refractivity contribution in [2.24, 2.45) is 0 Å². The molecule has 0 unspecified atom stereocenters. The van der Waals surface area contributed by atoms with Gasteiger partial charge in [-0.1, -0.05) is 6.92 Å². The molecule has 0 spiro atoms. The van der Waals surface area contributed by atoms with Crippen molar-refractivity contribution in [2.45, 2.75) is 39.9 Å². The van der Waals surface area contributed by atoms with Crippen LogP contribution in [0.4, 0.5) is 0 Å². The number of aryl methyl sites for hydroxylation is 2. The first-order chi connectivity index (χ1) is 10.3. The summed E-state index contributed by atoms with van der Waals surface area (Å²) in [5.74, 6) is 0. The van der Waals surface area contributed by atoms with Gasteiger partial charge in [0.2, 0.25) is 0 Å². The van der Waals surface area contributed by atoms with Crippen LogP contribution in [0.15, 0.2) is 24.5 Å². The van der Waals surface area contributed by atoms with Crippen molar-refractivity contribution >= 4 is 0 Å². The molecular formula is C16H26N4O. The summed E-state index contributed by atoms with van der Waals surface area (Å²) in [7, 11) is 1.72. The first kappa shape index (κ1) is 15.8. The highest BCUT2D eigenvalue weighted by molar-refractivity contribution is 5.15. The van der Waals surface area contributed by atoms with E-state index in [1.54, 1.807) is 7.11 Å². The van der Waals surface area contributed by atoms with E-state index in [9.17, 15) is 0 Å². The molecule has 1 N–H and O–H groups in total. The summed E-state index contributed by atoms with van der Waals surface area (Å²) < 4.78 is 9.34. The van der Waals surface area contributed by atoms with Crippen molar-refractivity contribution in [3.63, 3.8) is 0 Å². The molecule has 0 amide bonds. The summed E-state index contributed by atoms with van der Waals surface area (Å²) >= 11 is 0. The highest BCUT2D eigenvalue weighted by Crippen LogP contribution is 2.09. The van der Waals surface area contributed by atoms with Gasteiger partial charge in [0.15, 0.2) is 0 Å². The molecule has 0 radical (unpaired) electrons. The number of ether oxygens (including phenoxy) is 1. The maximum Gasteiger partial charge on any atom is 0.0639 e. The lowest BCUT2D eigenvalue weighted by atomic mass is 10.3. The smallest absolute Gasteiger partial charge is 0.0639 e. The predicted octanol–water partition coefficient (Wildman–Crippen LogP) is 2.05. The normalized spacial score (nSPS) is 11.2. The number of hydrogen-bond acceptors (Lipinski definition) is 3. The lowest BCUT2D eigenvalue weighted by molar-refractivity contribution is 0.199. The van der Waals surface area contributed by atoms with Crippen LogP contribution < -0.4 is 5.32 Å². The Labute approximate surface area is 126 Å². The zero-order chi connectivity index (χ0) is 15.1. The third-order valence-corrected chi connectivity index (χ3v) is 3.54. The van der Waals surface area contributed by atoms with Crippen LogP contribution in [0.2, 0.25) is 0 Å². The van der Waals surface area contributed by atoms with Gasteiger partial charge in [0.05, 0.1) is 24.5 Å². The fraction of sp³-hybridized carbons (Fsp3) is 0.562. The first-order valence-corrected chi connectivity index (χ1v) is 7.66. The Morgan fingerprint density at radius 3 is 2.90 bits per heavy atom. The molecule has 0 fully saturated rings. The molecule has 116 valence electrons. The van der Waals surface area contributed by atoms with Crippen molar-refractivity contribution in [1.82, 2.24) is 19.7 Å². The SMILES string of the molecule is CCc1cc(Cn2ccc(CNCCOC)c2)n(CC)n1. The average molecular weight is 290 g/mol. The standard InChI is InChI=1S/C16H26N4O/c1-4-15-10-16(20(5-2)18-15)13-19-8-6-14(12-19)11-17-7-9-21-3/h6,8,10,12,17H,4-5,7,9,11,13H2,1-3H3. The van der Waals surface area contributed by atoms with E-state index in [2.05, 4.69) is 58.0 Å². The van der Waals surface area contributed by atoms with E-state index in [1.807, 2.05) is 0 Å². The van der Waals surface area contributed by atoms with Crippen LogP contribution in [0.5, 0.6) is 0 Å². The second kappa shape index (κ2) is 8.00. The van der Waals surface area contributed by atoms with Gasteiger partial charge >= 0.3 is 0 Å². The second-order valence-electron chi connectivity index (χ2n) is 5.16. The van der Waals surface area contributed by atoms with Crippen molar-refractivity contribution in [3.8, 4) is 0 Å². The van der Waals surface area contributed by atoms with Crippen molar-refractivity contribution in [3.05, 3.63) is 41.5 Å². The minimum atomic E-state index is 0.746. The lowest BCUT2D eigenvalue weighted by Gasteiger charge is -2.06. The molecule has 0 aliphatic rings. The summed E-state index contributed by atoms with van der Waals surface area (Å²) in [4.78, 5) is 0. The van der Waals surface area contributed by atoms with E-state index in [0.29, 0.717) is 0 Å². The first-order valence-electron chi connectivity index (χ1n) is 7.66. The fourth-order valence-electron chi connectivity index (χ4n) is 2.38. The van der Waals surface area contributed by atoms with Crippen LogP contribution in [-0.2, 0) is 30.8 Å². The molecule has 0 atom stereocenters. The van der Waals surface area contributed by atoms with E-state index >= 15 is 0 Å². The molecule has 0 aromatic carbocycles. The molecule has 2 aromatic heterocycles. The fourth-order valence-corrected chi connectivity index (χ4v) is 2.38. The summed E-state index contributed by atoms with van der Waals surface area (Å²) in [6, 6.07) is 4.37. The van der Waals surface area contributed by atoms with Crippen molar-refractivity contribution in [1.29, 1.82) is 0 Å². The number of methoxy groups -OCH3 is 1. The molecule has 5 heteroatoms. The number of nitrogens with one attached hydrogen (secondary N) is 1. The molecule has 2 heterocycles. The van der Waals surface area contributed by atoms with Gasteiger partial charge in [0, 0.05) is 39.1 Å². The highest BCUT2D eigenvalue weighted by atomic mass is 16.5. The molecule has 0 bridgehead atoms. The third kappa shape index (κ3) is 4.44. The maximum atomic E-state index is 5.03. The lowest BCUT2D eigenvalue weighted by Crippen LogP contribution is -2.18. The highest BCUT2D eigenvalue weighted by Gasteiger charge is 2.06. The minimum Gasteiger partial charge on any atom is -0.383 e. The number of nitrogens with zero attached hydrogens (tertiary/aromatic N) is 3. The summed E-state index contributed by atoms with van der Waals surface area (Å²) in [5, 5.41) is 7.96. The molecular weight excluding hydrogens is 264 g/mol. The Morgan fingerprint density at radius 2 is 2.19 bits per heavy atom. The Bertz CT molecular complexity index is 544. The van der Waals surface area contributed by atoms with Crippen molar-refractivity contribution < 1.29 is 4.74 Å². The molecule has 0 aliphatic heterocycles. The molecule has 0 aliphatic carbocycles. The molecule has 0 saturated carbocycles. The van der Waals surface area contributed by atoms with Crippen LogP contribution in [-0.4, -0.2) is 34.6 Å². The van der Waals surface area contributed by atoms with Gasteiger partial charge in [-0.15, -0.1) is 0 Å². The zero-order valence-corrected chi connectivity index (χ0v) is 13.3. The Morgan fingerprint density at radius 1 is 1.33 bits per heavy atom. The van der Waals surface area contributed by atoms with E-state index in [1.165, 1.54) is 17.0 Å². The largest absolute Gasteiger partial charge is 0.383 e. The second-order valence-corrected chi connectivity index (χ2v) is 5.16. The van der Waals surface area contributed by atoms with Crippen LogP contribution in [0.25, 0.3) is 0 Å². The van der Waals surface area contributed by atoms with Gasteiger partial charge in [-0.05, 0) is 31.0 Å². The quantitative estimate of drug-likeness (QED) is 0.719. The average Bonchev–Trinajstić information content (AvgIpc) is 3.10. The minimum absolute atomic E-state index is 0.746. The third-order valence-electron chi connectivity index (χ3n) is 3.54. The van der Waals surface area contributed by atoms with Crippen LogP contribution in [0.1, 0.15) is 30.8 Å². The monoisotopic (exact) mass is 290 g/mol. The molecule has 2 rings (SSSR count). The van der Waals surface area contributed by atoms with Crippen molar-refractivity contribution in [2.75, 3.05) is 20.3 Å². The predicted molar refractivity (Wildman–Crippen MR) is 84.4 cm³/mol. The Hall–Kier alpha value is -1.59. The van der Waals surface area contributed by atoms with E-state index in [0.717, 1.165) is 39.2 Å². The molecule has 0 saturated heterocycles. The number of rotatable bonds is 9. The Balaban J connectivity index is 1.94. The van der Waals surface area contributed by atoms with Gasteiger partial charge in [0.25, 0.3) is 0 Å². The summed E-state index contributed by atoms with van der Waals surface area (Å²) in [6.07, 6.45) is 5.31. The van der Waals surface area contributed by atoms with Gasteiger partial charge in [-0.25, -0.2) is 0 Å². The number of hydrogen-bond donors (Lipinski definition) is 1.